The number of nitrogens with zero attached hydrogens (tertiary/aromatic N) is 3. The van der Waals surface area contributed by atoms with Crippen molar-refractivity contribution in [2.45, 2.75) is 19.1 Å². The van der Waals surface area contributed by atoms with Crippen molar-refractivity contribution in [3.63, 3.8) is 0 Å². The maximum Gasteiger partial charge on any atom is 0.421 e. The zero-order valence-corrected chi connectivity index (χ0v) is 17.4. The van der Waals surface area contributed by atoms with Crippen molar-refractivity contribution in [1.82, 2.24) is 14.5 Å². The minimum absolute atomic E-state index is 0.285. The first-order chi connectivity index (χ1) is 15.2. The van der Waals surface area contributed by atoms with E-state index in [0.29, 0.717) is 28.4 Å². The Balaban J connectivity index is 1.92. The van der Waals surface area contributed by atoms with Crippen molar-refractivity contribution in [2.75, 3.05) is 11.1 Å². The van der Waals surface area contributed by atoms with E-state index in [4.69, 9.17) is 17.3 Å². The molecule has 164 valence electrons. The Morgan fingerprint density at radius 3 is 2.53 bits per heavy atom. The molecule has 4 rings (SSSR count). The van der Waals surface area contributed by atoms with Gasteiger partial charge in [-0.2, -0.15) is 18.2 Å². The molecule has 32 heavy (non-hydrogen) atoms. The molecule has 0 fully saturated rings. The molecule has 0 bridgehead atoms. The highest BCUT2D eigenvalue weighted by Crippen LogP contribution is 2.35. The number of rotatable bonds is 4. The van der Waals surface area contributed by atoms with Crippen molar-refractivity contribution in [3.8, 4) is 5.69 Å². The predicted octanol–water partition coefficient (Wildman–Crippen LogP) is 5.21. The van der Waals surface area contributed by atoms with E-state index >= 15 is 0 Å². The van der Waals surface area contributed by atoms with Gasteiger partial charge in [0.1, 0.15) is 11.4 Å². The second-order valence-electron chi connectivity index (χ2n) is 7.10. The molecule has 10 heteroatoms. The molecule has 4 aromatic rings. The summed E-state index contributed by atoms with van der Waals surface area (Å²) in [5.74, 6) is -0.783. The molecular formula is C22H17ClF3N5O. The number of hydrogen-bond acceptors (Lipinski definition) is 5. The maximum atomic E-state index is 13.5. The van der Waals surface area contributed by atoms with E-state index in [2.05, 4.69) is 15.3 Å². The Hall–Kier alpha value is -3.59. The van der Waals surface area contributed by atoms with Gasteiger partial charge in [-0.1, -0.05) is 41.9 Å². The monoisotopic (exact) mass is 459 g/mol. The van der Waals surface area contributed by atoms with Crippen molar-refractivity contribution < 1.29 is 13.2 Å². The fourth-order valence-electron chi connectivity index (χ4n) is 3.49. The standard InChI is InChI=1S/C22H17ClF3N5O/c1-12(29-19-15(22(24,25)26)11-28-21(27)30-19)17-10-13-6-5-9-16(23)18(13)20(32)31(17)14-7-3-2-4-8-14/h2-12H,1H3,(H3,27,28,29,30)/t12-/m1/s1. The number of pyridine rings is 1. The second kappa shape index (κ2) is 8.16. The lowest BCUT2D eigenvalue weighted by Crippen LogP contribution is -2.26. The molecule has 6 nitrogen and oxygen atoms in total. The molecule has 3 N–H and O–H groups in total. The molecule has 0 aliphatic carbocycles. The summed E-state index contributed by atoms with van der Waals surface area (Å²) in [5.41, 5.74) is 5.04. The van der Waals surface area contributed by atoms with Crippen molar-refractivity contribution in [3.05, 3.63) is 87.4 Å². The van der Waals surface area contributed by atoms with Crippen molar-refractivity contribution >= 4 is 34.1 Å². The first kappa shape index (κ1) is 21.6. The van der Waals surface area contributed by atoms with Crippen LogP contribution in [0, 0.1) is 0 Å². The fourth-order valence-corrected chi connectivity index (χ4v) is 3.76. The summed E-state index contributed by atoms with van der Waals surface area (Å²) in [5, 5.41) is 3.91. The van der Waals surface area contributed by atoms with Crippen molar-refractivity contribution in [1.29, 1.82) is 0 Å². The third-order valence-electron chi connectivity index (χ3n) is 4.95. The van der Waals surface area contributed by atoms with Crippen LogP contribution in [-0.2, 0) is 6.18 Å². The van der Waals surface area contributed by atoms with Gasteiger partial charge in [0.2, 0.25) is 5.95 Å². The molecule has 2 heterocycles. The van der Waals surface area contributed by atoms with E-state index in [-0.39, 0.29) is 16.5 Å². The zero-order valence-electron chi connectivity index (χ0n) is 16.7. The van der Waals surface area contributed by atoms with Gasteiger partial charge in [-0.3, -0.25) is 9.36 Å². The van der Waals surface area contributed by atoms with E-state index < -0.39 is 23.6 Å². The van der Waals surface area contributed by atoms with Crippen LogP contribution in [0.1, 0.15) is 24.2 Å². The molecular weight excluding hydrogens is 443 g/mol. The minimum atomic E-state index is -4.69. The van der Waals surface area contributed by atoms with Gasteiger partial charge in [0, 0.05) is 17.6 Å². The SMILES string of the molecule is C[C@@H](Nc1nc(N)ncc1C(F)(F)F)c1cc2cccc(Cl)c2c(=O)n1-c1ccccc1. The van der Waals surface area contributed by atoms with Crippen LogP contribution in [0.4, 0.5) is 24.9 Å². The van der Waals surface area contributed by atoms with Crippen LogP contribution in [0.15, 0.2) is 65.6 Å². The lowest BCUT2D eigenvalue weighted by molar-refractivity contribution is -0.137. The molecule has 0 aliphatic heterocycles. The largest absolute Gasteiger partial charge is 0.421 e. The molecule has 0 saturated carbocycles. The molecule has 0 saturated heterocycles. The van der Waals surface area contributed by atoms with Gasteiger partial charge in [0.25, 0.3) is 5.56 Å². The minimum Gasteiger partial charge on any atom is -0.368 e. The van der Waals surface area contributed by atoms with Crippen LogP contribution in [-0.4, -0.2) is 14.5 Å². The highest BCUT2D eigenvalue weighted by atomic mass is 35.5. The van der Waals surface area contributed by atoms with Gasteiger partial charge in [-0.25, -0.2) is 4.98 Å². The number of alkyl halides is 3. The number of aromatic nitrogens is 3. The van der Waals surface area contributed by atoms with Crippen LogP contribution in [0.25, 0.3) is 16.5 Å². The third kappa shape index (κ3) is 3.99. The normalized spacial score (nSPS) is 12.7. The number of nitrogens with one attached hydrogen (secondary N) is 1. The molecule has 0 amide bonds. The van der Waals surface area contributed by atoms with Gasteiger partial charge >= 0.3 is 6.18 Å². The summed E-state index contributed by atoms with van der Waals surface area (Å²) in [4.78, 5) is 20.6. The first-order valence-electron chi connectivity index (χ1n) is 9.52. The Labute approximate surface area is 185 Å². The molecule has 0 spiro atoms. The number of halogens is 4. The quantitative estimate of drug-likeness (QED) is 0.437. The fraction of sp³-hybridized carbons (Fsp3) is 0.136. The Morgan fingerprint density at radius 2 is 1.84 bits per heavy atom. The van der Waals surface area contributed by atoms with Gasteiger partial charge in [-0.15, -0.1) is 0 Å². The number of nitrogens with two attached hydrogens (primary N) is 1. The number of fused-ring (bicyclic) bond motifs is 1. The van der Waals surface area contributed by atoms with Gasteiger partial charge in [0.15, 0.2) is 0 Å². The summed E-state index contributed by atoms with van der Waals surface area (Å²) in [6, 6.07) is 14.7. The van der Waals surface area contributed by atoms with Crippen molar-refractivity contribution in [2.24, 2.45) is 0 Å². The number of nitrogen functional groups attached to an aromatic ring is 1. The number of hydrogen-bond donors (Lipinski definition) is 2. The lowest BCUT2D eigenvalue weighted by atomic mass is 10.1. The number of anilines is 2. The zero-order chi connectivity index (χ0) is 23.0. The average molecular weight is 460 g/mol. The molecule has 0 unspecified atom stereocenters. The highest BCUT2D eigenvalue weighted by Gasteiger charge is 2.35. The van der Waals surface area contributed by atoms with E-state index in [1.807, 2.05) is 0 Å². The van der Waals surface area contributed by atoms with Crippen LogP contribution in [0.3, 0.4) is 0 Å². The number of para-hydroxylation sites is 1. The number of benzene rings is 2. The molecule has 2 aromatic carbocycles. The maximum absolute atomic E-state index is 13.5. The Kier molecular flexibility index (Phi) is 5.52. The third-order valence-corrected chi connectivity index (χ3v) is 5.26. The first-order valence-corrected chi connectivity index (χ1v) is 9.90. The Morgan fingerprint density at radius 1 is 1.12 bits per heavy atom. The highest BCUT2D eigenvalue weighted by molar-refractivity contribution is 6.35. The van der Waals surface area contributed by atoms with E-state index in [1.54, 1.807) is 61.5 Å². The second-order valence-corrected chi connectivity index (χ2v) is 7.51. The summed E-state index contributed by atoms with van der Waals surface area (Å²) in [7, 11) is 0. The summed E-state index contributed by atoms with van der Waals surface area (Å²) in [6.45, 7) is 1.63. The predicted molar refractivity (Wildman–Crippen MR) is 118 cm³/mol. The van der Waals surface area contributed by atoms with Gasteiger partial charge in [0.05, 0.1) is 16.5 Å². The molecule has 0 radical (unpaired) electrons. The Bertz CT molecular complexity index is 1360. The van der Waals surface area contributed by atoms with Crippen LogP contribution < -0.4 is 16.6 Å². The van der Waals surface area contributed by atoms with Gasteiger partial charge in [-0.05, 0) is 36.6 Å². The van der Waals surface area contributed by atoms with Crippen LogP contribution in [0.5, 0.6) is 0 Å². The van der Waals surface area contributed by atoms with E-state index in [0.717, 1.165) is 0 Å². The topological polar surface area (TPSA) is 85.8 Å². The molecule has 1 atom stereocenters. The summed E-state index contributed by atoms with van der Waals surface area (Å²) >= 11 is 6.29. The van der Waals surface area contributed by atoms with Crippen LogP contribution in [0.2, 0.25) is 5.02 Å². The average Bonchev–Trinajstić information content (AvgIpc) is 2.73. The molecule has 2 aromatic heterocycles. The molecule has 0 aliphatic rings. The van der Waals surface area contributed by atoms with Gasteiger partial charge < -0.3 is 11.1 Å². The van der Waals surface area contributed by atoms with Crippen LogP contribution >= 0.6 is 11.6 Å². The summed E-state index contributed by atoms with van der Waals surface area (Å²) < 4.78 is 41.8. The smallest absolute Gasteiger partial charge is 0.368 e. The summed E-state index contributed by atoms with van der Waals surface area (Å²) in [6.07, 6.45) is -4.06. The van der Waals surface area contributed by atoms with E-state index in [9.17, 15) is 18.0 Å². The lowest BCUT2D eigenvalue weighted by Gasteiger charge is -2.23. The van der Waals surface area contributed by atoms with E-state index in [1.165, 1.54) is 4.57 Å².